The number of aromatic nitrogens is 3. The monoisotopic (exact) mass is 833 g/mol. The molecular formula is C56H60BN3OS. The number of fused-ring (bicyclic) bond motifs is 3. The fourth-order valence-corrected chi connectivity index (χ4v) is 11.6. The molecule has 0 radical (unpaired) electrons. The Hall–Kier alpha value is -5.46. The van der Waals surface area contributed by atoms with E-state index >= 15 is 0 Å². The number of phenolic OH excluding ortho intramolecular Hbond substituents is 1. The summed E-state index contributed by atoms with van der Waals surface area (Å²) in [7, 11) is 0. The highest BCUT2D eigenvalue weighted by Gasteiger charge is 2.38. The van der Waals surface area contributed by atoms with Crippen LogP contribution in [-0.2, 0) is 11.8 Å². The Morgan fingerprint density at radius 1 is 0.742 bits per heavy atom. The molecule has 0 amide bonds. The molecule has 0 spiro atoms. The summed E-state index contributed by atoms with van der Waals surface area (Å²) in [6.07, 6.45) is 3.02. The van der Waals surface area contributed by atoms with Gasteiger partial charge in [-0.1, -0.05) is 135 Å². The fraction of sp³-hybridized carbons (Fsp3) is 0.321. The van der Waals surface area contributed by atoms with Crippen LogP contribution in [0.15, 0.2) is 97.2 Å². The fourth-order valence-electron chi connectivity index (χ4n) is 9.98. The van der Waals surface area contributed by atoms with Gasteiger partial charge in [0.15, 0.2) is 0 Å². The van der Waals surface area contributed by atoms with Crippen molar-refractivity contribution in [3.8, 4) is 45.2 Å². The minimum Gasteiger partial charge on any atom is -0.507 e. The molecule has 0 unspecified atom stereocenters. The number of rotatable bonds is 7. The van der Waals surface area contributed by atoms with E-state index in [1.165, 1.54) is 53.6 Å². The summed E-state index contributed by atoms with van der Waals surface area (Å²) in [5.74, 6) is 1.71. The van der Waals surface area contributed by atoms with E-state index in [0.29, 0.717) is 11.8 Å². The minimum absolute atomic E-state index is 0.00808. The van der Waals surface area contributed by atoms with Gasteiger partial charge >= 0.3 is 0 Å². The van der Waals surface area contributed by atoms with Crippen molar-refractivity contribution < 1.29 is 5.11 Å². The maximum atomic E-state index is 11.9. The third-order valence-corrected chi connectivity index (χ3v) is 14.4. The lowest BCUT2D eigenvalue weighted by molar-refractivity contribution is 0.414. The predicted molar refractivity (Wildman–Crippen MR) is 268 cm³/mol. The number of thiophene rings is 1. The molecule has 1 aliphatic heterocycles. The first kappa shape index (κ1) is 41.9. The van der Waals surface area contributed by atoms with Gasteiger partial charge in [-0.05, 0) is 135 Å². The molecule has 3 aromatic heterocycles. The van der Waals surface area contributed by atoms with Crippen LogP contribution >= 0.6 is 11.3 Å². The van der Waals surface area contributed by atoms with Crippen LogP contribution in [0.25, 0.3) is 60.6 Å². The lowest BCUT2D eigenvalue weighted by atomic mass is 9.33. The molecule has 8 aromatic rings. The number of pyridine rings is 1. The SMILES string of the molecule is Cc1cc(C)c(O)c(-c2nc3c(-c4cc(-c5nccc6c(C)c(CC(C)(C)C)sc56)cc(C(C)(C)C)c4)ccc4c3n2-c2ccccc2B4c2c(C(C)C)cccc2C(C)C)c1. The first-order chi connectivity index (χ1) is 29.3. The zero-order valence-electron chi connectivity index (χ0n) is 38.9. The first-order valence-corrected chi connectivity index (χ1v) is 23.2. The van der Waals surface area contributed by atoms with E-state index in [1.54, 1.807) is 0 Å². The summed E-state index contributed by atoms with van der Waals surface area (Å²) in [6, 6.07) is 33.9. The van der Waals surface area contributed by atoms with Gasteiger partial charge in [0.25, 0.3) is 0 Å². The molecule has 0 saturated heterocycles. The Morgan fingerprint density at radius 2 is 1.44 bits per heavy atom. The molecule has 6 heteroatoms. The third kappa shape index (κ3) is 6.99. The number of aryl methyl sites for hydroxylation is 3. The molecule has 314 valence electrons. The average molecular weight is 834 g/mol. The van der Waals surface area contributed by atoms with Crippen LogP contribution in [0, 0.1) is 26.2 Å². The topological polar surface area (TPSA) is 50.9 Å². The Kier molecular flexibility index (Phi) is 10.2. The second-order valence-electron chi connectivity index (χ2n) is 20.8. The van der Waals surface area contributed by atoms with Gasteiger partial charge in [-0.15, -0.1) is 11.3 Å². The summed E-state index contributed by atoms with van der Waals surface area (Å²) in [5, 5.41) is 13.2. The number of hydrogen-bond donors (Lipinski definition) is 1. The summed E-state index contributed by atoms with van der Waals surface area (Å²) < 4.78 is 3.60. The Bertz CT molecular complexity index is 3050. The van der Waals surface area contributed by atoms with Gasteiger partial charge in [0.1, 0.15) is 11.6 Å². The molecular weight excluding hydrogens is 774 g/mol. The van der Waals surface area contributed by atoms with E-state index in [1.807, 2.05) is 30.5 Å². The highest BCUT2D eigenvalue weighted by Crippen LogP contribution is 2.44. The van der Waals surface area contributed by atoms with E-state index < -0.39 is 0 Å². The van der Waals surface area contributed by atoms with Crippen LogP contribution in [0.2, 0.25) is 0 Å². The van der Waals surface area contributed by atoms with Crippen molar-refractivity contribution in [2.24, 2.45) is 5.41 Å². The maximum absolute atomic E-state index is 11.9. The number of imidazole rings is 1. The second kappa shape index (κ2) is 15.1. The zero-order chi connectivity index (χ0) is 44.2. The molecule has 9 rings (SSSR count). The van der Waals surface area contributed by atoms with Crippen LogP contribution in [0.1, 0.15) is 119 Å². The molecule has 0 saturated carbocycles. The number of nitrogens with zero attached hydrogens (tertiary/aromatic N) is 3. The van der Waals surface area contributed by atoms with E-state index in [0.717, 1.165) is 68.0 Å². The van der Waals surface area contributed by atoms with E-state index in [-0.39, 0.29) is 23.3 Å². The molecule has 62 heavy (non-hydrogen) atoms. The van der Waals surface area contributed by atoms with Crippen LogP contribution in [0.4, 0.5) is 0 Å². The normalized spacial score (nSPS) is 13.0. The number of phenols is 1. The summed E-state index contributed by atoms with van der Waals surface area (Å²) in [4.78, 5) is 12.3. The van der Waals surface area contributed by atoms with Crippen LogP contribution in [0.3, 0.4) is 0 Å². The molecule has 4 nitrogen and oxygen atoms in total. The Labute approximate surface area is 373 Å². The van der Waals surface area contributed by atoms with Gasteiger partial charge in [-0.25, -0.2) is 4.98 Å². The Balaban J connectivity index is 1.38. The van der Waals surface area contributed by atoms with Gasteiger partial charge in [0.2, 0.25) is 6.71 Å². The van der Waals surface area contributed by atoms with Crippen molar-refractivity contribution in [2.75, 3.05) is 0 Å². The van der Waals surface area contributed by atoms with Gasteiger partial charge in [0.05, 0.1) is 27.0 Å². The molecule has 1 aliphatic rings. The molecule has 4 heterocycles. The molecule has 1 N–H and O–H groups in total. The second-order valence-corrected chi connectivity index (χ2v) is 21.9. The number of benzene rings is 5. The highest BCUT2D eigenvalue weighted by atomic mass is 32.1. The first-order valence-electron chi connectivity index (χ1n) is 22.4. The molecule has 0 aliphatic carbocycles. The van der Waals surface area contributed by atoms with E-state index in [9.17, 15) is 5.11 Å². The van der Waals surface area contributed by atoms with Gasteiger partial charge in [-0.3, -0.25) is 9.55 Å². The molecule has 5 aromatic carbocycles. The quantitative estimate of drug-likeness (QED) is 0.163. The minimum atomic E-state index is -0.126. The Morgan fingerprint density at radius 3 is 2.11 bits per heavy atom. The third-order valence-electron chi connectivity index (χ3n) is 13.1. The zero-order valence-corrected chi connectivity index (χ0v) is 39.7. The standard InChI is InChI=1S/C56H60BN3OS/c1-31(2)39-17-16-18-40(32(3)4)48(39)57-44-19-14-15-20-46(44)60-51-45(57)22-21-42(50(51)59-54(60)43-26-33(5)25-34(6)52(43)61)36-27-37(29-38(28-36)56(11,12)13)49-53-41(23-24-58-49)35(7)47(62-53)30-55(8,9)10/h14-29,31-32,61H,30H2,1-13H3. The average Bonchev–Trinajstić information content (AvgIpc) is 3.76. The summed E-state index contributed by atoms with van der Waals surface area (Å²) >= 11 is 1.90. The van der Waals surface area contributed by atoms with Crippen molar-refractivity contribution in [2.45, 2.75) is 114 Å². The van der Waals surface area contributed by atoms with Crippen molar-refractivity contribution in [1.29, 1.82) is 0 Å². The predicted octanol–water partition coefficient (Wildman–Crippen LogP) is 13.2. The van der Waals surface area contributed by atoms with Gasteiger partial charge in [-0.2, -0.15) is 0 Å². The van der Waals surface area contributed by atoms with E-state index in [2.05, 4.69) is 173 Å². The van der Waals surface area contributed by atoms with Crippen molar-refractivity contribution in [1.82, 2.24) is 14.5 Å². The summed E-state index contributed by atoms with van der Waals surface area (Å²) in [5.41, 5.74) is 19.5. The van der Waals surface area contributed by atoms with Crippen molar-refractivity contribution in [3.05, 3.63) is 135 Å². The molecule has 0 bridgehead atoms. The van der Waals surface area contributed by atoms with Crippen LogP contribution in [-0.4, -0.2) is 26.4 Å². The lowest BCUT2D eigenvalue weighted by Gasteiger charge is -2.31. The molecule has 0 atom stereocenters. The molecule has 0 fully saturated rings. The number of hydrogen-bond acceptors (Lipinski definition) is 4. The number of aromatic hydroxyl groups is 1. The van der Waals surface area contributed by atoms with Crippen molar-refractivity contribution in [3.63, 3.8) is 0 Å². The van der Waals surface area contributed by atoms with Crippen LogP contribution < -0.4 is 16.4 Å². The van der Waals surface area contributed by atoms with Gasteiger partial charge in [0, 0.05) is 27.9 Å². The lowest BCUT2D eigenvalue weighted by Crippen LogP contribution is -2.58. The van der Waals surface area contributed by atoms with E-state index in [4.69, 9.17) is 9.97 Å². The maximum Gasteiger partial charge on any atom is 0.247 e. The number of para-hydroxylation sites is 1. The highest BCUT2D eigenvalue weighted by molar-refractivity contribution is 7.19. The summed E-state index contributed by atoms with van der Waals surface area (Å²) in [6.45, 7) is 29.5. The van der Waals surface area contributed by atoms with Gasteiger partial charge < -0.3 is 5.11 Å². The largest absolute Gasteiger partial charge is 0.507 e. The van der Waals surface area contributed by atoms with Crippen LogP contribution in [0.5, 0.6) is 5.75 Å². The van der Waals surface area contributed by atoms with Crippen molar-refractivity contribution >= 4 is 55.6 Å². The smallest absolute Gasteiger partial charge is 0.247 e.